The van der Waals surface area contributed by atoms with E-state index >= 15 is 0 Å². The summed E-state index contributed by atoms with van der Waals surface area (Å²) in [6, 6.07) is 2.26. The maximum Gasteiger partial charge on any atom is 0.0213 e. The Labute approximate surface area is 86.9 Å². The predicted octanol–water partition coefficient (Wildman–Crippen LogP) is 4.19. The summed E-state index contributed by atoms with van der Waals surface area (Å²) >= 11 is 0. The van der Waals surface area contributed by atoms with E-state index in [0.29, 0.717) is 5.92 Å². The lowest BCUT2D eigenvalue weighted by Gasteiger charge is -2.23. The third-order valence-corrected chi connectivity index (χ3v) is 3.45. The normalized spacial score (nSPS) is 19.1. The predicted molar refractivity (Wildman–Crippen MR) is 60.7 cm³/mol. The van der Waals surface area contributed by atoms with Crippen LogP contribution in [-0.4, -0.2) is 4.98 Å². The van der Waals surface area contributed by atoms with Crippen molar-refractivity contribution in [3.05, 3.63) is 23.5 Å². The zero-order valence-corrected chi connectivity index (χ0v) is 9.34. The van der Waals surface area contributed by atoms with E-state index in [4.69, 9.17) is 0 Å². The maximum absolute atomic E-state index is 3.46. The molecule has 0 aliphatic heterocycles. The number of rotatable bonds is 2. The summed E-state index contributed by atoms with van der Waals surface area (Å²) in [4.78, 5) is 3.46. The van der Waals surface area contributed by atoms with Crippen LogP contribution in [0.2, 0.25) is 0 Å². The fourth-order valence-corrected chi connectivity index (χ4v) is 2.64. The molecule has 2 rings (SSSR count). The summed E-state index contributed by atoms with van der Waals surface area (Å²) in [6.07, 6.45) is 9.16. The number of aromatic nitrogens is 1. The number of nitrogens with one attached hydrogen (secondary N) is 1. The molecule has 0 amide bonds. The highest BCUT2D eigenvalue weighted by Crippen LogP contribution is 2.35. The topological polar surface area (TPSA) is 15.8 Å². The van der Waals surface area contributed by atoms with Crippen LogP contribution < -0.4 is 0 Å². The molecule has 1 fully saturated rings. The van der Waals surface area contributed by atoms with E-state index in [0.717, 1.165) is 5.92 Å². The first-order valence-electron chi connectivity index (χ1n) is 5.96. The van der Waals surface area contributed by atoms with Gasteiger partial charge in [-0.3, -0.25) is 0 Å². The van der Waals surface area contributed by atoms with Crippen molar-refractivity contribution in [1.29, 1.82) is 0 Å². The molecular formula is C13H21N. The van der Waals surface area contributed by atoms with Crippen molar-refractivity contribution in [3.63, 3.8) is 0 Å². The summed E-state index contributed by atoms with van der Waals surface area (Å²) < 4.78 is 0. The van der Waals surface area contributed by atoms with Gasteiger partial charge in [-0.1, -0.05) is 33.1 Å². The monoisotopic (exact) mass is 191 g/mol. The van der Waals surface area contributed by atoms with Crippen molar-refractivity contribution >= 4 is 0 Å². The first-order valence-corrected chi connectivity index (χ1v) is 5.96. The Morgan fingerprint density at radius 3 is 2.57 bits per heavy atom. The summed E-state index contributed by atoms with van der Waals surface area (Å²) in [5.74, 6) is 1.48. The van der Waals surface area contributed by atoms with Crippen molar-refractivity contribution in [2.75, 3.05) is 0 Å². The SMILES string of the molecule is CC(C)c1cc[nH]c1C1CCCCC1. The van der Waals surface area contributed by atoms with Crippen LogP contribution in [-0.2, 0) is 0 Å². The molecule has 1 aromatic heterocycles. The minimum absolute atomic E-state index is 0.665. The van der Waals surface area contributed by atoms with Crippen molar-refractivity contribution in [3.8, 4) is 0 Å². The largest absolute Gasteiger partial charge is 0.365 e. The number of aromatic amines is 1. The van der Waals surface area contributed by atoms with Gasteiger partial charge in [-0.25, -0.2) is 0 Å². The Bertz CT molecular complexity index is 279. The summed E-state index contributed by atoms with van der Waals surface area (Å²) in [5, 5.41) is 0. The van der Waals surface area contributed by atoms with Gasteiger partial charge in [0.15, 0.2) is 0 Å². The lowest BCUT2D eigenvalue weighted by molar-refractivity contribution is 0.435. The number of hydrogen-bond acceptors (Lipinski definition) is 0. The second kappa shape index (κ2) is 4.20. The van der Waals surface area contributed by atoms with Crippen LogP contribution >= 0.6 is 0 Å². The zero-order chi connectivity index (χ0) is 9.97. The van der Waals surface area contributed by atoms with Gasteiger partial charge in [-0.15, -0.1) is 0 Å². The van der Waals surface area contributed by atoms with E-state index in [1.54, 1.807) is 0 Å². The van der Waals surface area contributed by atoms with Gasteiger partial charge >= 0.3 is 0 Å². The summed E-state index contributed by atoms with van der Waals surface area (Å²) in [6.45, 7) is 4.57. The van der Waals surface area contributed by atoms with E-state index in [-0.39, 0.29) is 0 Å². The first-order chi connectivity index (χ1) is 6.79. The highest BCUT2D eigenvalue weighted by Gasteiger charge is 2.20. The van der Waals surface area contributed by atoms with Crippen molar-refractivity contribution < 1.29 is 0 Å². The molecule has 1 aromatic rings. The molecular weight excluding hydrogens is 170 g/mol. The zero-order valence-electron chi connectivity index (χ0n) is 9.34. The fraction of sp³-hybridized carbons (Fsp3) is 0.692. The quantitative estimate of drug-likeness (QED) is 0.721. The molecule has 0 spiro atoms. The summed E-state index contributed by atoms with van der Waals surface area (Å²) in [7, 11) is 0. The molecule has 1 N–H and O–H groups in total. The average molecular weight is 191 g/mol. The van der Waals surface area contributed by atoms with Gasteiger partial charge < -0.3 is 4.98 Å². The maximum atomic E-state index is 3.46. The van der Waals surface area contributed by atoms with Crippen LogP contribution in [0.1, 0.15) is 69.0 Å². The lowest BCUT2D eigenvalue weighted by Crippen LogP contribution is -2.07. The third-order valence-electron chi connectivity index (χ3n) is 3.45. The van der Waals surface area contributed by atoms with Crippen LogP contribution in [0.4, 0.5) is 0 Å². The smallest absolute Gasteiger partial charge is 0.0213 e. The minimum Gasteiger partial charge on any atom is -0.365 e. The molecule has 0 aromatic carbocycles. The second-order valence-corrected chi connectivity index (χ2v) is 4.84. The molecule has 0 unspecified atom stereocenters. The van der Waals surface area contributed by atoms with Crippen molar-refractivity contribution in [1.82, 2.24) is 4.98 Å². The Hall–Kier alpha value is -0.720. The molecule has 1 nitrogen and oxygen atoms in total. The molecule has 1 aliphatic carbocycles. The second-order valence-electron chi connectivity index (χ2n) is 4.84. The minimum atomic E-state index is 0.665. The van der Waals surface area contributed by atoms with Gasteiger partial charge in [0, 0.05) is 11.9 Å². The molecule has 1 heterocycles. The molecule has 0 atom stereocenters. The van der Waals surface area contributed by atoms with Gasteiger partial charge in [-0.2, -0.15) is 0 Å². The van der Waals surface area contributed by atoms with Crippen LogP contribution in [0.3, 0.4) is 0 Å². The van der Waals surface area contributed by atoms with Crippen molar-refractivity contribution in [2.45, 2.75) is 57.8 Å². The number of H-pyrrole nitrogens is 1. The molecule has 14 heavy (non-hydrogen) atoms. The van der Waals surface area contributed by atoms with E-state index in [1.807, 2.05) is 0 Å². The summed E-state index contributed by atoms with van der Waals surface area (Å²) in [5.41, 5.74) is 3.07. The van der Waals surface area contributed by atoms with E-state index in [1.165, 1.54) is 43.4 Å². The van der Waals surface area contributed by atoms with E-state index in [2.05, 4.69) is 31.1 Å². The molecule has 1 saturated carbocycles. The van der Waals surface area contributed by atoms with Gasteiger partial charge in [0.25, 0.3) is 0 Å². The molecule has 1 heteroatoms. The molecule has 0 saturated heterocycles. The van der Waals surface area contributed by atoms with Gasteiger partial charge in [0.2, 0.25) is 0 Å². The van der Waals surface area contributed by atoms with Crippen LogP contribution in [0.25, 0.3) is 0 Å². The van der Waals surface area contributed by atoms with E-state index < -0.39 is 0 Å². The fourth-order valence-electron chi connectivity index (χ4n) is 2.64. The Morgan fingerprint density at radius 2 is 1.93 bits per heavy atom. The molecule has 0 radical (unpaired) electrons. The van der Waals surface area contributed by atoms with Crippen molar-refractivity contribution in [2.24, 2.45) is 0 Å². The highest BCUT2D eigenvalue weighted by molar-refractivity contribution is 5.27. The van der Waals surface area contributed by atoms with Gasteiger partial charge in [0.05, 0.1) is 0 Å². The molecule has 78 valence electrons. The highest BCUT2D eigenvalue weighted by atomic mass is 14.7. The Morgan fingerprint density at radius 1 is 1.21 bits per heavy atom. The van der Waals surface area contributed by atoms with E-state index in [9.17, 15) is 0 Å². The lowest BCUT2D eigenvalue weighted by atomic mass is 9.84. The van der Waals surface area contributed by atoms with Crippen LogP contribution in [0, 0.1) is 0 Å². The Balaban J connectivity index is 2.17. The third kappa shape index (κ3) is 1.87. The number of hydrogen-bond donors (Lipinski definition) is 1. The molecule has 0 bridgehead atoms. The van der Waals surface area contributed by atoms with Crippen LogP contribution in [0.5, 0.6) is 0 Å². The molecule has 1 aliphatic rings. The first kappa shape index (κ1) is 9.82. The Kier molecular flexibility index (Phi) is 2.95. The van der Waals surface area contributed by atoms with Gasteiger partial charge in [-0.05, 0) is 36.3 Å². The standard InChI is InChI=1S/C13H21N/c1-10(2)12-8-9-14-13(12)11-6-4-3-5-7-11/h8-11,14H,3-7H2,1-2H3. The average Bonchev–Trinajstić information content (AvgIpc) is 2.67. The van der Waals surface area contributed by atoms with Crippen LogP contribution in [0.15, 0.2) is 12.3 Å². The van der Waals surface area contributed by atoms with Gasteiger partial charge in [0.1, 0.15) is 0 Å².